The Bertz CT molecular complexity index is 450. The third-order valence-electron chi connectivity index (χ3n) is 2.42. The number of hydrogen-bond acceptors (Lipinski definition) is 4. The molecule has 7 heteroatoms. The molecule has 138 valence electrons. The van der Waals surface area contributed by atoms with Crippen LogP contribution in [0, 0.1) is 0 Å². The van der Waals surface area contributed by atoms with Crippen LogP contribution in [0.5, 0.6) is 0 Å². The Morgan fingerprint density at radius 3 is 1.67 bits per heavy atom. The van der Waals surface area contributed by atoms with Crippen molar-refractivity contribution >= 4 is 17.9 Å². The van der Waals surface area contributed by atoms with Gasteiger partial charge in [0.2, 0.25) is 0 Å². The van der Waals surface area contributed by atoms with E-state index in [2.05, 4.69) is 13.2 Å². The molecule has 0 aliphatic carbocycles. The highest BCUT2D eigenvalue weighted by molar-refractivity contribution is 5.86. The number of aliphatic carboxylic acids is 3. The number of rotatable bonds is 8. The Labute approximate surface area is 142 Å². The third kappa shape index (κ3) is 21.9. The van der Waals surface area contributed by atoms with Crippen LogP contribution in [0.2, 0.25) is 0 Å². The minimum Gasteiger partial charge on any atom is -0.478 e. The second-order valence-electron chi connectivity index (χ2n) is 4.80. The summed E-state index contributed by atoms with van der Waals surface area (Å²) in [7, 11) is 0. The molecule has 0 aliphatic heterocycles. The Hall–Kier alpha value is -2.41. The van der Waals surface area contributed by atoms with E-state index in [4.69, 9.17) is 20.4 Å². The quantitative estimate of drug-likeness (QED) is 0.498. The van der Waals surface area contributed by atoms with Crippen molar-refractivity contribution in [2.75, 3.05) is 6.61 Å². The second-order valence-corrected chi connectivity index (χ2v) is 4.80. The molecule has 24 heavy (non-hydrogen) atoms. The number of aliphatic hydroxyl groups is 1. The number of carboxylic acids is 3. The molecule has 0 atom stereocenters. The number of aliphatic hydroxyl groups excluding tert-OH is 1. The molecular weight excluding hydrogens is 316 g/mol. The van der Waals surface area contributed by atoms with Gasteiger partial charge in [-0.15, -0.1) is 0 Å². The van der Waals surface area contributed by atoms with Crippen LogP contribution in [0.3, 0.4) is 0 Å². The predicted molar refractivity (Wildman–Crippen MR) is 91.8 cm³/mol. The third-order valence-corrected chi connectivity index (χ3v) is 2.42. The average Bonchev–Trinajstić information content (AvgIpc) is 2.50. The minimum atomic E-state index is -0.935. The predicted octanol–water partition coefficient (Wildman–Crippen LogP) is 2.86. The zero-order valence-corrected chi connectivity index (χ0v) is 14.5. The van der Waals surface area contributed by atoms with E-state index in [-0.39, 0.29) is 17.8 Å². The van der Waals surface area contributed by atoms with Gasteiger partial charge in [0.05, 0.1) is 0 Å². The van der Waals surface area contributed by atoms with Gasteiger partial charge in [-0.25, -0.2) is 14.4 Å². The fourth-order valence-electron chi connectivity index (χ4n) is 0.865. The summed E-state index contributed by atoms with van der Waals surface area (Å²) in [6.45, 7) is 11.5. The molecule has 0 unspecified atom stereocenters. The second kappa shape index (κ2) is 17.0. The van der Waals surface area contributed by atoms with Crippen molar-refractivity contribution in [1.82, 2.24) is 0 Å². The van der Waals surface area contributed by atoms with E-state index >= 15 is 0 Å². The Morgan fingerprint density at radius 2 is 1.42 bits per heavy atom. The summed E-state index contributed by atoms with van der Waals surface area (Å²) in [6.07, 6.45) is 4.46. The fraction of sp³-hybridized carbons (Fsp3) is 0.471. The van der Waals surface area contributed by atoms with Crippen molar-refractivity contribution in [1.29, 1.82) is 0 Å². The molecule has 0 saturated carbocycles. The molecule has 0 aromatic carbocycles. The first-order valence-electron chi connectivity index (χ1n) is 7.31. The average molecular weight is 344 g/mol. The maximum absolute atomic E-state index is 10.1. The summed E-state index contributed by atoms with van der Waals surface area (Å²) >= 11 is 0. The summed E-state index contributed by atoms with van der Waals surface area (Å²) in [5.41, 5.74) is 0.774. The van der Waals surface area contributed by atoms with Gasteiger partial charge in [0, 0.05) is 23.3 Å². The van der Waals surface area contributed by atoms with E-state index in [1.807, 2.05) is 6.92 Å². The fourth-order valence-corrected chi connectivity index (χ4v) is 0.865. The molecule has 7 nitrogen and oxygen atoms in total. The smallest absolute Gasteiger partial charge is 0.330 e. The largest absolute Gasteiger partial charge is 0.478 e. The Kier molecular flexibility index (Phi) is 18.7. The van der Waals surface area contributed by atoms with Crippen LogP contribution in [0.1, 0.15) is 46.5 Å². The highest BCUT2D eigenvalue weighted by Crippen LogP contribution is 2.03. The molecule has 0 bridgehead atoms. The van der Waals surface area contributed by atoms with Crippen LogP contribution in [-0.2, 0) is 14.4 Å². The normalized spacial score (nSPS) is 9.58. The zero-order chi connectivity index (χ0) is 19.7. The van der Waals surface area contributed by atoms with E-state index in [0.717, 1.165) is 12.8 Å². The monoisotopic (exact) mass is 344 g/mol. The van der Waals surface area contributed by atoms with Gasteiger partial charge in [-0.2, -0.15) is 0 Å². The Balaban J connectivity index is -0.000000282. The summed E-state index contributed by atoms with van der Waals surface area (Å²) < 4.78 is 0. The van der Waals surface area contributed by atoms with Crippen LogP contribution in [0.4, 0.5) is 0 Å². The summed E-state index contributed by atoms with van der Waals surface area (Å²) in [4.78, 5) is 29.8. The van der Waals surface area contributed by atoms with Gasteiger partial charge in [0.25, 0.3) is 0 Å². The van der Waals surface area contributed by atoms with Gasteiger partial charge in [0.15, 0.2) is 0 Å². The first kappa shape index (κ1) is 26.5. The van der Waals surface area contributed by atoms with Crippen LogP contribution < -0.4 is 0 Å². The SMILES string of the molecule is C=C(C)C(=O)O.C=C(CCCC)C(=O)O.CC(=CCCO)C(=O)O. The molecule has 0 heterocycles. The number of unbranched alkanes of at least 4 members (excludes halogenated alkanes) is 1. The summed E-state index contributed by atoms with van der Waals surface area (Å²) in [5.74, 6) is -2.73. The maximum atomic E-state index is 10.1. The van der Waals surface area contributed by atoms with E-state index in [1.54, 1.807) is 0 Å². The molecule has 0 spiro atoms. The van der Waals surface area contributed by atoms with E-state index in [0.29, 0.717) is 18.4 Å². The van der Waals surface area contributed by atoms with Crippen molar-refractivity contribution in [3.05, 3.63) is 36.0 Å². The van der Waals surface area contributed by atoms with Crippen molar-refractivity contribution in [2.24, 2.45) is 0 Å². The molecule has 0 rings (SSSR count). The van der Waals surface area contributed by atoms with E-state index in [1.165, 1.54) is 19.9 Å². The van der Waals surface area contributed by atoms with Crippen LogP contribution in [-0.4, -0.2) is 44.9 Å². The van der Waals surface area contributed by atoms with E-state index < -0.39 is 17.9 Å². The molecule has 0 fully saturated rings. The van der Waals surface area contributed by atoms with Crippen molar-refractivity contribution in [2.45, 2.75) is 46.5 Å². The van der Waals surface area contributed by atoms with Crippen molar-refractivity contribution in [3.63, 3.8) is 0 Å². The standard InChI is InChI=1S/C7H12O2.C6H10O3.C4H6O2/c1-3-4-5-6(2)7(8)9;1-5(6(8)9)3-2-4-7;1-3(2)4(5)6/h2-5H2,1H3,(H,8,9);3,7H,2,4H2,1H3,(H,8,9);1H2,2H3,(H,5,6). The molecule has 4 N–H and O–H groups in total. The maximum Gasteiger partial charge on any atom is 0.330 e. The molecule has 0 radical (unpaired) electrons. The zero-order valence-electron chi connectivity index (χ0n) is 14.5. The van der Waals surface area contributed by atoms with E-state index in [9.17, 15) is 14.4 Å². The van der Waals surface area contributed by atoms with Crippen LogP contribution >= 0.6 is 0 Å². The lowest BCUT2D eigenvalue weighted by Crippen LogP contribution is -1.97. The lowest BCUT2D eigenvalue weighted by Gasteiger charge is -1.95. The molecular formula is C17H28O7. The first-order chi connectivity index (χ1) is 11.0. The van der Waals surface area contributed by atoms with Gasteiger partial charge in [-0.05, 0) is 33.1 Å². The van der Waals surface area contributed by atoms with Gasteiger partial charge >= 0.3 is 17.9 Å². The molecule has 0 saturated heterocycles. The van der Waals surface area contributed by atoms with Crippen LogP contribution in [0.15, 0.2) is 36.0 Å². The van der Waals surface area contributed by atoms with Gasteiger partial charge < -0.3 is 20.4 Å². The Morgan fingerprint density at radius 1 is 0.958 bits per heavy atom. The first-order valence-corrected chi connectivity index (χ1v) is 7.31. The van der Waals surface area contributed by atoms with Gasteiger partial charge in [-0.1, -0.05) is 32.6 Å². The molecule has 0 aromatic rings. The van der Waals surface area contributed by atoms with Crippen LogP contribution in [0.25, 0.3) is 0 Å². The van der Waals surface area contributed by atoms with Crippen molar-refractivity contribution in [3.8, 4) is 0 Å². The lowest BCUT2D eigenvalue weighted by atomic mass is 10.1. The lowest BCUT2D eigenvalue weighted by molar-refractivity contribution is -0.133. The molecule has 0 aromatic heterocycles. The van der Waals surface area contributed by atoms with Gasteiger partial charge in [-0.3, -0.25) is 0 Å². The van der Waals surface area contributed by atoms with Gasteiger partial charge in [0.1, 0.15) is 0 Å². The summed E-state index contributed by atoms with van der Waals surface area (Å²) in [6, 6.07) is 0. The topological polar surface area (TPSA) is 132 Å². The number of carbonyl (C=O) groups is 3. The minimum absolute atomic E-state index is 0.00458. The summed E-state index contributed by atoms with van der Waals surface area (Å²) in [5, 5.41) is 32.7. The molecule has 0 amide bonds. The molecule has 0 aliphatic rings. The number of hydrogen-bond donors (Lipinski definition) is 4. The highest BCUT2D eigenvalue weighted by atomic mass is 16.4. The van der Waals surface area contributed by atoms with Crippen molar-refractivity contribution < 1.29 is 34.8 Å². The number of carboxylic acid groups (broad SMARTS) is 3. The highest BCUT2D eigenvalue weighted by Gasteiger charge is 2.00.